The fourth-order valence-corrected chi connectivity index (χ4v) is 2.12. The summed E-state index contributed by atoms with van der Waals surface area (Å²) in [7, 11) is 5.24. The van der Waals surface area contributed by atoms with Crippen LogP contribution in [0, 0.1) is 4.77 Å². The average molecular weight is 306 g/mol. The number of aryl methyl sites for hydroxylation is 1. The molecular formula is C14H18N4O2S. The second-order valence-corrected chi connectivity index (χ2v) is 5.23. The van der Waals surface area contributed by atoms with Gasteiger partial charge >= 0.3 is 5.97 Å². The van der Waals surface area contributed by atoms with Crippen LogP contribution in [0.15, 0.2) is 30.6 Å². The standard InChI is InChI=1S/C14H18N4O2S/c1-16(10-18-14(21)17(2)9-15-18)8-11-4-6-12(7-5-11)13(19)20-3/h4-7,9H,8,10H2,1-3H3. The van der Waals surface area contributed by atoms with Crippen LogP contribution in [0.2, 0.25) is 0 Å². The Morgan fingerprint density at radius 2 is 2.05 bits per heavy atom. The van der Waals surface area contributed by atoms with Crippen LogP contribution in [-0.4, -0.2) is 39.4 Å². The summed E-state index contributed by atoms with van der Waals surface area (Å²) in [4.78, 5) is 13.5. The van der Waals surface area contributed by atoms with E-state index in [2.05, 4.69) is 14.7 Å². The highest BCUT2D eigenvalue weighted by Crippen LogP contribution is 2.08. The molecule has 2 rings (SSSR count). The Bertz CT molecular complexity index is 675. The predicted molar refractivity (Wildman–Crippen MR) is 81.3 cm³/mol. The van der Waals surface area contributed by atoms with Gasteiger partial charge in [0.1, 0.15) is 6.33 Å². The number of methoxy groups -OCH3 is 1. The lowest BCUT2D eigenvalue weighted by atomic mass is 10.1. The Hall–Kier alpha value is -1.99. The number of esters is 1. The zero-order chi connectivity index (χ0) is 15.4. The van der Waals surface area contributed by atoms with E-state index in [1.54, 1.807) is 27.7 Å². The van der Waals surface area contributed by atoms with E-state index >= 15 is 0 Å². The van der Waals surface area contributed by atoms with E-state index in [1.165, 1.54) is 7.11 Å². The minimum absolute atomic E-state index is 0.324. The molecule has 1 heterocycles. The van der Waals surface area contributed by atoms with Crippen molar-refractivity contribution in [3.63, 3.8) is 0 Å². The van der Waals surface area contributed by atoms with Crippen molar-refractivity contribution in [3.05, 3.63) is 46.5 Å². The third kappa shape index (κ3) is 3.77. The molecule has 7 heteroatoms. The molecule has 0 spiro atoms. The van der Waals surface area contributed by atoms with Crippen molar-refractivity contribution in [3.8, 4) is 0 Å². The molecule has 6 nitrogen and oxygen atoms in total. The molecule has 0 saturated heterocycles. The highest BCUT2D eigenvalue weighted by molar-refractivity contribution is 7.71. The molecule has 0 aliphatic carbocycles. The first-order valence-corrected chi connectivity index (χ1v) is 6.86. The molecule has 0 N–H and O–H groups in total. The topological polar surface area (TPSA) is 52.3 Å². The highest BCUT2D eigenvalue weighted by Gasteiger charge is 2.07. The molecule has 1 aromatic heterocycles. The predicted octanol–water partition coefficient (Wildman–Crippen LogP) is 1.83. The number of hydrogen-bond donors (Lipinski definition) is 0. The number of benzene rings is 1. The van der Waals surface area contributed by atoms with E-state index in [0.29, 0.717) is 17.0 Å². The van der Waals surface area contributed by atoms with Gasteiger partial charge in [-0.05, 0) is 37.0 Å². The molecule has 0 unspecified atom stereocenters. The molecule has 0 fully saturated rings. The Morgan fingerprint density at radius 1 is 1.38 bits per heavy atom. The quantitative estimate of drug-likeness (QED) is 0.623. The van der Waals surface area contributed by atoms with E-state index in [0.717, 1.165) is 12.1 Å². The third-order valence-corrected chi connectivity index (χ3v) is 3.59. The Kier molecular flexibility index (Phi) is 4.87. The van der Waals surface area contributed by atoms with Crippen molar-refractivity contribution in [2.75, 3.05) is 14.2 Å². The maximum Gasteiger partial charge on any atom is 0.337 e. The normalized spacial score (nSPS) is 10.9. The molecule has 0 saturated carbocycles. The maximum atomic E-state index is 11.4. The van der Waals surface area contributed by atoms with E-state index in [9.17, 15) is 4.79 Å². The van der Waals surface area contributed by atoms with Crippen molar-refractivity contribution in [2.24, 2.45) is 7.05 Å². The second kappa shape index (κ2) is 6.64. The van der Waals surface area contributed by atoms with Crippen molar-refractivity contribution in [1.29, 1.82) is 0 Å². The van der Waals surface area contributed by atoms with Crippen molar-refractivity contribution in [1.82, 2.24) is 19.2 Å². The van der Waals surface area contributed by atoms with E-state index < -0.39 is 0 Å². The summed E-state index contributed by atoms with van der Waals surface area (Å²) < 4.78 is 8.92. The van der Waals surface area contributed by atoms with E-state index in [4.69, 9.17) is 12.2 Å². The van der Waals surface area contributed by atoms with E-state index in [1.807, 2.05) is 26.2 Å². The van der Waals surface area contributed by atoms with Gasteiger partial charge in [-0.3, -0.25) is 4.90 Å². The summed E-state index contributed by atoms with van der Waals surface area (Å²) in [5.41, 5.74) is 1.66. The zero-order valence-electron chi connectivity index (χ0n) is 12.3. The van der Waals surface area contributed by atoms with Crippen LogP contribution in [0.25, 0.3) is 0 Å². The highest BCUT2D eigenvalue weighted by atomic mass is 32.1. The molecule has 0 aliphatic rings. The van der Waals surface area contributed by atoms with Gasteiger partial charge in [-0.25, -0.2) is 9.48 Å². The average Bonchev–Trinajstić information content (AvgIpc) is 2.79. The minimum Gasteiger partial charge on any atom is -0.465 e. The Labute approximate surface area is 128 Å². The van der Waals surface area contributed by atoms with Gasteiger partial charge in [0, 0.05) is 13.6 Å². The molecule has 0 aliphatic heterocycles. The number of carbonyl (C=O) groups excluding carboxylic acids is 1. The molecule has 1 aromatic carbocycles. The summed E-state index contributed by atoms with van der Waals surface area (Å²) in [6.45, 7) is 1.35. The fourth-order valence-electron chi connectivity index (χ4n) is 1.97. The van der Waals surface area contributed by atoms with Gasteiger partial charge < -0.3 is 9.30 Å². The van der Waals surface area contributed by atoms with Gasteiger partial charge in [-0.15, -0.1) is 0 Å². The first-order valence-electron chi connectivity index (χ1n) is 6.45. The van der Waals surface area contributed by atoms with Gasteiger partial charge in [-0.2, -0.15) is 5.10 Å². The summed E-state index contributed by atoms with van der Waals surface area (Å²) in [6.07, 6.45) is 1.70. The number of nitrogens with zero attached hydrogens (tertiary/aromatic N) is 4. The van der Waals surface area contributed by atoms with Gasteiger partial charge in [0.2, 0.25) is 0 Å². The molecule has 0 radical (unpaired) electrons. The van der Waals surface area contributed by atoms with Gasteiger partial charge in [0.05, 0.1) is 19.3 Å². The maximum absolute atomic E-state index is 11.4. The molecule has 0 atom stereocenters. The third-order valence-electron chi connectivity index (χ3n) is 3.09. The first-order chi connectivity index (χ1) is 10.0. The van der Waals surface area contributed by atoms with Crippen molar-refractivity contribution in [2.45, 2.75) is 13.2 Å². The summed E-state index contributed by atoms with van der Waals surface area (Å²) in [5.74, 6) is -0.324. The van der Waals surface area contributed by atoms with Crippen molar-refractivity contribution >= 4 is 18.2 Å². The lowest BCUT2D eigenvalue weighted by Crippen LogP contribution is -2.22. The van der Waals surface area contributed by atoms with E-state index in [-0.39, 0.29) is 5.97 Å². The lowest BCUT2D eigenvalue weighted by molar-refractivity contribution is 0.0600. The van der Waals surface area contributed by atoms with Crippen LogP contribution in [0.3, 0.4) is 0 Å². The van der Waals surface area contributed by atoms with Gasteiger partial charge in [-0.1, -0.05) is 12.1 Å². The Balaban J connectivity index is 1.99. The largest absolute Gasteiger partial charge is 0.465 e. The molecule has 2 aromatic rings. The van der Waals surface area contributed by atoms with Crippen molar-refractivity contribution < 1.29 is 9.53 Å². The molecule has 0 amide bonds. The number of ether oxygens (including phenoxy) is 1. The lowest BCUT2D eigenvalue weighted by Gasteiger charge is -2.16. The van der Waals surface area contributed by atoms with Crippen LogP contribution < -0.4 is 0 Å². The van der Waals surface area contributed by atoms with Crippen LogP contribution in [0.1, 0.15) is 15.9 Å². The van der Waals surface area contributed by atoms with Gasteiger partial charge in [0.15, 0.2) is 4.77 Å². The fraction of sp³-hybridized carbons (Fsp3) is 0.357. The zero-order valence-corrected chi connectivity index (χ0v) is 13.1. The minimum atomic E-state index is -0.324. The number of rotatable bonds is 5. The summed E-state index contributed by atoms with van der Waals surface area (Å²) >= 11 is 5.25. The molecular weight excluding hydrogens is 288 g/mol. The number of carbonyl (C=O) groups is 1. The Morgan fingerprint density at radius 3 is 2.57 bits per heavy atom. The molecule has 21 heavy (non-hydrogen) atoms. The number of aromatic nitrogens is 3. The smallest absolute Gasteiger partial charge is 0.337 e. The SMILES string of the molecule is COC(=O)c1ccc(CN(C)Cn2ncn(C)c2=S)cc1. The molecule has 0 bridgehead atoms. The van der Waals surface area contributed by atoms with Crippen LogP contribution in [0.5, 0.6) is 0 Å². The summed E-state index contributed by atoms with van der Waals surface area (Å²) in [6, 6.07) is 7.36. The summed E-state index contributed by atoms with van der Waals surface area (Å²) in [5, 5.41) is 4.22. The van der Waals surface area contributed by atoms with Crippen LogP contribution >= 0.6 is 12.2 Å². The monoisotopic (exact) mass is 306 g/mol. The van der Waals surface area contributed by atoms with Crippen LogP contribution in [-0.2, 0) is 25.0 Å². The first kappa shape index (κ1) is 15.4. The van der Waals surface area contributed by atoms with Crippen LogP contribution in [0.4, 0.5) is 0 Å². The van der Waals surface area contributed by atoms with Gasteiger partial charge in [0.25, 0.3) is 0 Å². The number of hydrogen-bond acceptors (Lipinski definition) is 5. The second-order valence-electron chi connectivity index (χ2n) is 4.87. The molecule has 112 valence electrons.